The second kappa shape index (κ2) is 6.47. The molecular formula is C14H17N5O2. The van der Waals surface area contributed by atoms with Gasteiger partial charge in [0.25, 0.3) is 0 Å². The van der Waals surface area contributed by atoms with Gasteiger partial charge in [-0.25, -0.2) is 4.68 Å². The molecule has 21 heavy (non-hydrogen) atoms. The van der Waals surface area contributed by atoms with E-state index in [1.807, 2.05) is 24.3 Å². The lowest BCUT2D eigenvalue weighted by molar-refractivity contribution is -0.117. The summed E-state index contributed by atoms with van der Waals surface area (Å²) < 4.78 is 6.97. The number of carbonyl (C=O) groups is 1. The minimum absolute atomic E-state index is 0.0504. The standard InChI is InChI=1S/C14H17N5O2/c20-14(9-11-10-21-8-6-15-11)17-12-3-1-2-4-13(12)19-7-5-16-18-19/h1-5,7,11,15H,6,8-10H2,(H,17,20). The monoisotopic (exact) mass is 287 g/mol. The van der Waals surface area contributed by atoms with Crippen LogP contribution in [0.5, 0.6) is 0 Å². The van der Waals surface area contributed by atoms with E-state index in [4.69, 9.17) is 4.74 Å². The van der Waals surface area contributed by atoms with E-state index in [0.29, 0.717) is 25.3 Å². The molecule has 0 aliphatic carbocycles. The number of aromatic nitrogens is 3. The summed E-state index contributed by atoms with van der Waals surface area (Å²) in [4.78, 5) is 12.2. The molecule has 7 nitrogen and oxygen atoms in total. The lowest BCUT2D eigenvalue weighted by Gasteiger charge is -2.23. The fourth-order valence-electron chi connectivity index (χ4n) is 2.29. The van der Waals surface area contributed by atoms with Crippen molar-refractivity contribution in [2.45, 2.75) is 12.5 Å². The highest BCUT2D eigenvalue weighted by atomic mass is 16.5. The van der Waals surface area contributed by atoms with E-state index in [2.05, 4.69) is 20.9 Å². The predicted molar refractivity (Wildman–Crippen MR) is 77.2 cm³/mol. The van der Waals surface area contributed by atoms with E-state index in [1.165, 1.54) is 0 Å². The molecule has 0 bridgehead atoms. The van der Waals surface area contributed by atoms with Gasteiger partial charge in [0.1, 0.15) is 0 Å². The van der Waals surface area contributed by atoms with Crippen LogP contribution in [0.25, 0.3) is 5.69 Å². The quantitative estimate of drug-likeness (QED) is 0.860. The van der Waals surface area contributed by atoms with Gasteiger partial charge < -0.3 is 15.4 Å². The highest BCUT2D eigenvalue weighted by Crippen LogP contribution is 2.19. The number of para-hydroxylation sites is 2. The first kappa shape index (κ1) is 13.7. The van der Waals surface area contributed by atoms with Crippen LogP contribution in [-0.2, 0) is 9.53 Å². The summed E-state index contributed by atoms with van der Waals surface area (Å²) in [5.74, 6) is -0.0504. The zero-order valence-corrected chi connectivity index (χ0v) is 11.5. The Morgan fingerprint density at radius 3 is 3.14 bits per heavy atom. The molecule has 110 valence electrons. The van der Waals surface area contributed by atoms with Crippen LogP contribution in [0.3, 0.4) is 0 Å². The number of hydrogen-bond acceptors (Lipinski definition) is 5. The molecule has 1 aliphatic heterocycles. The molecular weight excluding hydrogens is 270 g/mol. The summed E-state index contributed by atoms with van der Waals surface area (Å²) in [6.07, 6.45) is 3.72. The first-order valence-corrected chi connectivity index (χ1v) is 6.89. The van der Waals surface area contributed by atoms with Crippen LogP contribution in [0.2, 0.25) is 0 Å². The van der Waals surface area contributed by atoms with Crippen molar-refractivity contribution in [3.8, 4) is 5.69 Å². The molecule has 1 saturated heterocycles. The Morgan fingerprint density at radius 1 is 1.48 bits per heavy atom. The summed E-state index contributed by atoms with van der Waals surface area (Å²) in [5, 5.41) is 13.9. The molecule has 2 aromatic rings. The van der Waals surface area contributed by atoms with Crippen LogP contribution in [0.4, 0.5) is 5.69 Å². The first-order chi connectivity index (χ1) is 10.3. The van der Waals surface area contributed by atoms with E-state index >= 15 is 0 Å². The van der Waals surface area contributed by atoms with Gasteiger partial charge in [0.05, 0.1) is 37.0 Å². The Hall–Kier alpha value is -2.25. The summed E-state index contributed by atoms with van der Waals surface area (Å²) in [7, 11) is 0. The lowest BCUT2D eigenvalue weighted by atomic mass is 10.2. The zero-order chi connectivity index (χ0) is 14.5. The first-order valence-electron chi connectivity index (χ1n) is 6.89. The van der Waals surface area contributed by atoms with Gasteiger partial charge in [-0.3, -0.25) is 4.79 Å². The number of ether oxygens (including phenoxy) is 1. The van der Waals surface area contributed by atoms with E-state index < -0.39 is 0 Å². The normalized spacial score (nSPS) is 18.4. The highest BCUT2D eigenvalue weighted by molar-refractivity contribution is 5.93. The third-order valence-corrected chi connectivity index (χ3v) is 3.28. The van der Waals surface area contributed by atoms with Crippen molar-refractivity contribution in [1.82, 2.24) is 20.3 Å². The van der Waals surface area contributed by atoms with Crippen LogP contribution in [-0.4, -0.2) is 46.7 Å². The Bertz CT molecular complexity index is 593. The molecule has 0 radical (unpaired) electrons. The average molecular weight is 287 g/mol. The predicted octanol–water partition coefficient (Wildman–Crippen LogP) is 0.584. The van der Waals surface area contributed by atoms with Crippen molar-refractivity contribution >= 4 is 11.6 Å². The second-order valence-electron chi connectivity index (χ2n) is 4.84. The second-order valence-corrected chi connectivity index (χ2v) is 4.84. The maximum absolute atomic E-state index is 12.2. The number of nitrogens with one attached hydrogen (secondary N) is 2. The van der Waals surface area contributed by atoms with E-state index in [0.717, 1.165) is 12.2 Å². The van der Waals surface area contributed by atoms with Crippen LogP contribution in [0.15, 0.2) is 36.7 Å². The Labute approximate surface area is 122 Å². The molecule has 1 amide bonds. The summed E-state index contributed by atoms with van der Waals surface area (Å²) in [6.45, 7) is 2.05. The van der Waals surface area contributed by atoms with Gasteiger partial charge in [-0.15, -0.1) is 5.10 Å². The fraction of sp³-hybridized carbons (Fsp3) is 0.357. The van der Waals surface area contributed by atoms with Crippen LogP contribution in [0, 0.1) is 0 Å². The molecule has 0 spiro atoms. The van der Waals surface area contributed by atoms with E-state index in [9.17, 15) is 4.79 Å². The van der Waals surface area contributed by atoms with Crippen molar-refractivity contribution in [3.05, 3.63) is 36.7 Å². The minimum Gasteiger partial charge on any atom is -0.378 e. The molecule has 1 aromatic heterocycles. The third-order valence-electron chi connectivity index (χ3n) is 3.28. The molecule has 3 rings (SSSR count). The number of rotatable bonds is 4. The van der Waals surface area contributed by atoms with Crippen LogP contribution >= 0.6 is 0 Å². The number of benzene rings is 1. The van der Waals surface area contributed by atoms with Gasteiger partial charge in [-0.1, -0.05) is 17.3 Å². The molecule has 2 N–H and O–H groups in total. The maximum atomic E-state index is 12.2. The lowest BCUT2D eigenvalue weighted by Crippen LogP contribution is -2.43. The summed E-state index contributed by atoms with van der Waals surface area (Å²) >= 11 is 0. The number of morpholine rings is 1. The van der Waals surface area contributed by atoms with Gasteiger partial charge in [0.2, 0.25) is 5.91 Å². The van der Waals surface area contributed by atoms with Crippen molar-refractivity contribution in [1.29, 1.82) is 0 Å². The van der Waals surface area contributed by atoms with Gasteiger partial charge in [-0.05, 0) is 12.1 Å². The maximum Gasteiger partial charge on any atom is 0.226 e. The summed E-state index contributed by atoms with van der Waals surface area (Å²) in [5.41, 5.74) is 1.50. The molecule has 7 heteroatoms. The Morgan fingerprint density at radius 2 is 2.38 bits per heavy atom. The SMILES string of the molecule is O=C(CC1COCCN1)Nc1ccccc1-n1ccnn1. The minimum atomic E-state index is -0.0504. The third kappa shape index (κ3) is 3.45. The Balaban J connectivity index is 1.68. The van der Waals surface area contributed by atoms with Crippen molar-refractivity contribution in [2.75, 3.05) is 25.1 Å². The average Bonchev–Trinajstić information content (AvgIpc) is 3.03. The van der Waals surface area contributed by atoms with Crippen molar-refractivity contribution < 1.29 is 9.53 Å². The molecule has 2 heterocycles. The van der Waals surface area contributed by atoms with E-state index in [-0.39, 0.29) is 11.9 Å². The highest BCUT2D eigenvalue weighted by Gasteiger charge is 2.17. The molecule has 1 aliphatic rings. The zero-order valence-electron chi connectivity index (χ0n) is 11.5. The van der Waals surface area contributed by atoms with Gasteiger partial charge in [0, 0.05) is 19.0 Å². The Kier molecular flexibility index (Phi) is 4.23. The van der Waals surface area contributed by atoms with E-state index in [1.54, 1.807) is 17.1 Å². The van der Waals surface area contributed by atoms with Crippen LogP contribution < -0.4 is 10.6 Å². The fourth-order valence-corrected chi connectivity index (χ4v) is 2.29. The smallest absolute Gasteiger partial charge is 0.226 e. The number of carbonyl (C=O) groups excluding carboxylic acids is 1. The number of amides is 1. The van der Waals surface area contributed by atoms with Crippen molar-refractivity contribution in [3.63, 3.8) is 0 Å². The van der Waals surface area contributed by atoms with Gasteiger partial charge in [-0.2, -0.15) is 0 Å². The van der Waals surface area contributed by atoms with Crippen LogP contribution in [0.1, 0.15) is 6.42 Å². The molecule has 1 fully saturated rings. The molecule has 0 saturated carbocycles. The summed E-state index contributed by atoms with van der Waals surface area (Å²) in [6, 6.07) is 7.56. The topological polar surface area (TPSA) is 81.1 Å². The number of anilines is 1. The van der Waals surface area contributed by atoms with Gasteiger partial charge >= 0.3 is 0 Å². The molecule has 1 atom stereocenters. The number of hydrogen-bond donors (Lipinski definition) is 2. The molecule has 1 aromatic carbocycles. The molecule has 1 unspecified atom stereocenters. The largest absolute Gasteiger partial charge is 0.378 e. The number of nitrogens with zero attached hydrogens (tertiary/aromatic N) is 3. The van der Waals surface area contributed by atoms with Gasteiger partial charge in [0.15, 0.2) is 0 Å². The van der Waals surface area contributed by atoms with Crippen molar-refractivity contribution in [2.24, 2.45) is 0 Å².